The van der Waals surface area contributed by atoms with E-state index in [9.17, 15) is 19.1 Å². The highest BCUT2D eigenvalue weighted by molar-refractivity contribution is 6.46. The van der Waals surface area contributed by atoms with E-state index >= 15 is 0 Å². The molecule has 2 aromatic rings. The summed E-state index contributed by atoms with van der Waals surface area (Å²) >= 11 is 0. The molecule has 1 N–H and O–H groups in total. The first-order valence-electron chi connectivity index (χ1n) is 12.3. The van der Waals surface area contributed by atoms with Crippen LogP contribution >= 0.6 is 0 Å². The zero-order valence-corrected chi connectivity index (χ0v) is 20.2. The Morgan fingerprint density at radius 2 is 1.50 bits per heavy atom. The van der Waals surface area contributed by atoms with E-state index in [2.05, 4.69) is 18.7 Å². The molecule has 34 heavy (non-hydrogen) atoms. The summed E-state index contributed by atoms with van der Waals surface area (Å²) in [4.78, 5) is 30.1. The summed E-state index contributed by atoms with van der Waals surface area (Å²) in [6.07, 6.45) is 5.27. The Hall–Kier alpha value is -2.99. The Morgan fingerprint density at radius 3 is 2.09 bits per heavy atom. The molecular formula is C28H35FN2O3. The highest BCUT2D eigenvalue weighted by atomic mass is 19.1. The molecule has 1 saturated heterocycles. The monoisotopic (exact) mass is 466 g/mol. The predicted octanol–water partition coefficient (Wildman–Crippen LogP) is 5.54. The maximum atomic E-state index is 13.4. The maximum Gasteiger partial charge on any atom is 0.295 e. The van der Waals surface area contributed by atoms with Crippen LogP contribution in [0.4, 0.5) is 4.39 Å². The van der Waals surface area contributed by atoms with E-state index in [0.717, 1.165) is 57.3 Å². The normalized spacial score (nSPS) is 17.6. The lowest BCUT2D eigenvalue weighted by atomic mass is 9.95. The molecule has 0 unspecified atom stereocenters. The molecule has 5 nitrogen and oxygen atoms in total. The van der Waals surface area contributed by atoms with Gasteiger partial charge in [0.15, 0.2) is 0 Å². The van der Waals surface area contributed by atoms with Gasteiger partial charge in [0.1, 0.15) is 11.6 Å². The number of aliphatic hydroxyl groups is 1. The maximum absolute atomic E-state index is 13.4. The fourth-order valence-electron chi connectivity index (χ4n) is 4.42. The summed E-state index contributed by atoms with van der Waals surface area (Å²) in [5.74, 6) is -2.02. The van der Waals surface area contributed by atoms with E-state index in [-0.39, 0.29) is 11.3 Å². The van der Waals surface area contributed by atoms with Gasteiger partial charge in [-0.25, -0.2) is 4.39 Å². The Bertz CT molecular complexity index is 980. The van der Waals surface area contributed by atoms with Crippen molar-refractivity contribution in [3.8, 4) is 0 Å². The number of Topliss-reactive ketones (excluding diaryl/α,β-unsaturated/α-hetero) is 1. The number of carbonyl (C=O) groups is 2. The molecule has 6 heteroatoms. The van der Waals surface area contributed by atoms with Crippen LogP contribution in [0.25, 0.3) is 5.76 Å². The van der Waals surface area contributed by atoms with Gasteiger partial charge in [-0.05, 0) is 68.7 Å². The van der Waals surface area contributed by atoms with E-state index < -0.39 is 23.5 Å². The topological polar surface area (TPSA) is 60.9 Å². The molecule has 3 rings (SSSR count). The summed E-state index contributed by atoms with van der Waals surface area (Å²) in [6, 6.07) is 13.9. The van der Waals surface area contributed by atoms with Gasteiger partial charge in [0, 0.05) is 12.1 Å². The quantitative estimate of drug-likeness (QED) is 0.253. The first-order valence-corrected chi connectivity index (χ1v) is 12.3. The number of ketones is 1. The van der Waals surface area contributed by atoms with Gasteiger partial charge < -0.3 is 14.9 Å². The van der Waals surface area contributed by atoms with Crippen molar-refractivity contribution in [2.75, 3.05) is 26.2 Å². The summed E-state index contributed by atoms with van der Waals surface area (Å²) in [5.41, 5.74) is 1.13. The van der Waals surface area contributed by atoms with Crippen molar-refractivity contribution in [1.29, 1.82) is 0 Å². The molecule has 1 atom stereocenters. The molecule has 182 valence electrons. The van der Waals surface area contributed by atoms with E-state index in [1.807, 2.05) is 30.3 Å². The second-order valence-electron chi connectivity index (χ2n) is 8.81. The third kappa shape index (κ3) is 6.11. The highest BCUT2D eigenvalue weighted by Gasteiger charge is 2.45. The summed E-state index contributed by atoms with van der Waals surface area (Å²) < 4.78 is 13.4. The first kappa shape index (κ1) is 25.6. The first-order chi connectivity index (χ1) is 16.5. The predicted molar refractivity (Wildman–Crippen MR) is 133 cm³/mol. The number of aliphatic hydroxyl groups excluding tert-OH is 1. The minimum absolute atomic E-state index is 0.0524. The molecule has 0 spiro atoms. The summed E-state index contributed by atoms with van der Waals surface area (Å²) in [7, 11) is 0. The third-order valence-corrected chi connectivity index (χ3v) is 6.30. The number of carbonyl (C=O) groups excluding carboxylic acids is 2. The number of unbranched alkanes of at least 4 members (excludes halogenated alkanes) is 2. The number of nitrogens with zero attached hydrogens (tertiary/aromatic N) is 2. The second-order valence-corrected chi connectivity index (χ2v) is 8.81. The smallest absolute Gasteiger partial charge is 0.295 e. The van der Waals surface area contributed by atoms with Crippen LogP contribution in [-0.2, 0) is 9.59 Å². The molecule has 1 fully saturated rings. The number of likely N-dealkylation sites (tertiary alicyclic amines) is 1. The van der Waals surface area contributed by atoms with Gasteiger partial charge in [-0.3, -0.25) is 9.59 Å². The number of amides is 1. The standard InChI is InChI=1S/C28H35FN2O3/c1-3-5-17-30(18-6-4-2)19-10-20-31-25(21-11-8-7-9-12-21)24(27(33)28(31)34)26(32)22-13-15-23(29)16-14-22/h7-9,11-16,25,32H,3-6,10,17-20H2,1-2H3/t25-/m1/s1. The molecule has 1 aliphatic heterocycles. The van der Waals surface area contributed by atoms with Crippen LogP contribution in [0.2, 0.25) is 0 Å². The molecule has 1 heterocycles. The number of rotatable bonds is 12. The molecule has 0 bridgehead atoms. The number of hydrogen-bond donors (Lipinski definition) is 1. The molecule has 2 aromatic carbocycles. The van der Waals surface area contributed by atoms with E-state index in [1.165, 1.54) is 24.3 Å². The van der Waals surface area contributed by atoms with E-state index in [4.69, 9.17) is 0 Å². The van der Waals surface area contributed by atoms with Gasteiger partial charge in [-0.1, -0.05) is 57.0 Å². The lowest BCUT2D eigenvalue weighted by Crippen LogP contribution is -2.34. The average molecular weight is 467 g/mol. The van der Waals surface area contributed by atoms with Gasteiger partial charge in [-0.2, -0.15) is 0 Å². The van der Waals surface area contributed by atoms with Crippen molar-refractivity contribution in [3.63, 3.8) is 0 Å². The fraction of sp³-hybridized carbons (Fsp3) is 0.429. The zero-order valence-electron chi connectivity index (χ0n) is 20.2. The summed E-state index contributed by atoms with van der Waals surface area (Å²) in [5, 5.41) is 11.0. The van der Waals surface area contributed by atoms with E-state index in [0.29, 0.717) is 12.1 Å². The van der Waals surface area contributed by atoms with Gasteiger partial charge in [0.2, 0.25) is 0 Å². The van der Waals surface area contributed by atoms with Crippen LogP contribution in [0.3, 0.4) is 0 Å². The zero-order chi connectivity index (χ0) is 24.5. The Labute approximate surface area is 201 Å². The van der Waals surface area contributed by atoms with Crippen LogP contribution < -0.4 is 0 Å². The van der Waals surface area contributed by atoms with Crippen molar-refractivity contribution in [3.05, 3.63) is 77.1 Å². The molecule has 1 amide bonds. The number of hydrogen-bond acceptors (Lipinski definition) is 4. The Balaban J connectivity index is 1.87. The van der Waals surface area contributed by atoms with Crippen LogP contribution in [-0.4, -0.2) is 52.8 Å². The average Bonchev–Trinajstić information content (AvgIpc) is 3.11. The largest absolute Gasteiger partial charge is 0.507 e. The van der Waals surface area contributed by atoms with Gasteiger partial charge >= 0.3 is 0 Å². The molecular weight excluding hydrogens is 431 g/mol. The summed E-state index contributed by atoms with van der Waals surface area (Å²) in [6.45, 7) is 7.68. The number of halogens is 1. The second kappa shape index (κ2) is 12.5. The minimum atomic E-state index is -0.704. The lowest BCUT2D eigenvalue weighted by molar-refractivity contribution is -0.140. The van der Waals surface area contributed by atoms with Gasteiger partial charge in [0.25, 0.3) is 11.7 Å². The van der Waals surface area contributed by atoms with E-state index in [1.54, 1.807) is 4.90 Å². The van der Waals surface area contributed by atoms with Crippen molar-refractivity contribution in [2.24, 2.45) is 0 Å². The van der Waals surface area contributed by atoms with Crippen molar-refractivity contribution < 1.29 is 19.1 Å². The van der Waals surface area contributed by atoms with Gasteiger partial charge in [0.05, 0.1) is 11.6 Å². The Morgan fingerprint density at radius 1 is 0.912 bits per heavy atom. The van der Waals surface area contributed by atoms with Crippen molar-refractivity contribution in [2.45, 2.75) is 52.0 Å². The molecule has 0 radical (unpaired) electrons. The van der Waals surface area contributed by atoms with Crippen LogP contribution in [0.5, 0.6) is 0 Å². The van der Waals surface area contributed by atoms with Crippen LogP contribution in [0, 0.1) is 5.82 Å². The van der Waals surface area contributed by atoms with Crippen molar-refractivity contribution in [1.82, 2.24) is 9.80 Å². The molecule has 0 aliphatic carbocycles. The highest BCUT2D eigenvalue weighted by Crippen LogP contribution is 2.39. The lowest BCUT2D eigenvalue weighted by Gasteiger charge is -2.27. The molecule has 0 saturated carbocycles. The number of benzene rings is 2. The fourth-order valence-corrected chi connectivity index (χ4v) is 4.42. The Kier molecular flexibility index (Phi) is 9.40. The SMILES string of the molecule is CCCCN(CCCC)CCCN1C(=O)C(=O)C(=C(O)c2ccc(F)cc2)[C@H]1c1ccccc1. The van der Waals surface area contributed by atoms with Crippen LogP contribution in [0.1, 0.15) is 63.1 Å². The van der Waals surface area contributed by atoms with Crippen LogP contribution in [0.15, 0.2) is 60.2 Å². The third-order valence-electron chi connectivity index (χ3n) is 6.30. The van der Waals surface area contributed by atoms with Crippen molar-refractivity contribution >= 4 is 17.4 Å². The molecule has 1 aliphatic rings. The van der Waals surface area contributed by atoms with Gasteiger partial charge in [-0.15, -0.1) is 0 Å². The minimum Gasteiger partial charge on any atom is -0.507 e. The molecule has 0 aromatic heterocycles.